The lowest BCUT2D eigenvalue weighted by atomic mass is 10.0. The molecule has 0 radical (unpaired) electrons. The third kappa shape index (κ3) is 5.02. The van der Waals surface area contributed by atoms with Crippen molar-refractivity contribution in [3.63, 3.8) is 0 Å². The highest BCUT2D eigenvalue weighted by Gasteiger charge is 2.23. The minimum absolute atomic E-state index is 0.231. The fourth-order valence-corrected chi connectivity index (χ4v) is 3.93. The summed E-state index contributed by atoms with van der Waals surface area (Å²) in [7, 11) is 1.44. The topological polar surface area (TPSA) is 84.9 Å². The Morgan fingerprint density at radius 2 is 2.03 bits per heavy atom. The van der Waals surface area contributed by atoms with Crippen LogP contribution in [-0.2, 0) is 9.59 Å². The number of thioether (sulfide) groups is 1. The van der Waals surface area contributed by atoms with Crippen molar-refractivity contribution in [2.45, 2.75) is 0 Å². The Morgan fingerprint density at radius 1 is 1.28 bits per heavy atom. The number of carbonyl (C=O) groups excluding carboxylic acids is 1. The standard InChI is InChI=1S/C19H13Cl2NO5S2/c1-26-14-5-9(6-15-18(25)22-19(28)29-15)4-11(17(14)27-8-16(23)24)10-2-3-12(20)13(21)7-10/h2-7H,8H2,1H3,(H,23,24)(H,22,25,28)/b15-6-. The summed E-state index contributed by atoms with van der Waals surface area (Å²) < 4.78 is 11.3. The fraction of sp³-hybridized carbons (Fsp3) is 0.105. The molecule has 1 fully saturated rings. The Morgan fingerprint density at radius 3 is 2.62 bits per heavy atom. The van der Waals surface area contributed by atoms with Crippen LogP contribution in [0.25, 0.3) is 17.2 Å². The van der Waals surface area contributed by atoms with E-state index in [1.807, 2.05) is 0 Å². The molecule has 0 spiro atoms. The van der Waals surface area contributed by atoms with Gasteiger partial charge in [-0.3, -0.25) is 4.79 Å². The molecule has 0 atom stereocenters. The number of methoxy groups -OCH3 is 1. The predicted octanol–water partition coefficient (Wildman–Crippen LogP) is 4.62. The lowest BCUT2D eigenvalue weighted by Gasteiger charge is -2.16. The van der Waals surface area contributed by atoms with Crippen LogP contribution in [0.15, 0.2) is 35.2 Å². The highest BCUT2D eigenvalue weighted by Crippen LogP contribution is 2.42. The first-order chi connectivity index (χ1) is 13.8. The van der Waals surface area contributed by atoms with Crippen molar-refractivity contribution in [1.29, 1.82) is 0 Å². The van der Waals surface area contributed by atoms with E-state index < -0.39 is 12.6 Å². The van der Waals surface area contributed by atoms with Crippen LogP contribution in [0, 0.1) is 0 Å². The van der Waals surface area contributed by atoms with Gasteiger partial charge in [0, 0.05) is 5.56 Å². The first kappa shape index (κ1) is 21.4. The summed E-state index contributed by atoms with van der Waals surface area (Å²) in [5.74, 6) is -0.894. The molecule has 2 aromatic rings. The Balaban J connectivity index is 2.16. The van der Waals surface area contributed by atoms with Crippen LogP contribution in [0.3, 0.4) is 0 Å². The molecule has 1 saturated heterocycles. The quantitative estimate of drug-likeness (QED) is 0.471. The van der Waals surface area contributed by atoms with Crippen molar-refractivity contribution < 1.29 is 24.2 Å². The predicted molar refractivity (Wildman–Crippen MR) is 118 cm³/mol. The number of thiocarbonyl (C=S) groups is 1. The number of halogens is 2. The SMILES string of the molecule is COc1cc(/C=C2\SC(=S)NC2=O)cc(-c2ccc(Cl)c(Cl)c2)c1OCC(=O)O. The largest absolute Gasteiger partial charge is 0.493 e. The van der Waals surface area contributed by atoms with Crippen LogP contribution >= 0.6 is 47.2 Å². The van der Waals surface area contributed by atoms with E-state index in [0.717, 1.165) is 11.8 Å². The molecule has 3 rings (SSSR count). The number of hydrogen-bond acceptors (Lipinski definition) is 6. The zero-order valence-electron chi connectivity index (χ0n) is 14.8. The van der Waals surface area contributed by atoms with Crippen LogP contribution < -0.4 is 14.8 Å². The van der Waals surface area contributed by atoms with Crippen LogP contribution in [0.2, 0.25) is 10.0 Å². The lowest BCUT2D eigenvalue weighted by Crippen LogP contribution is -2.17. The van der Waals surface area contributed by atoms with E-state index in [4.69, 9.17) is 50.0 Å². The number of benzene rings is 2. The molecule has 2 N–H and O–H groups in total. The molecule has 10 heteroatoms. The van der Waals surface area contributed by atoms with Gasteiger partial charge in [0.05, 0.1) is 22.1 Å². The maximum absolute atomic E-state index is 12.0. The molecule has 0 aromatic heterocycles. The number of carbonyl (C=O) groups is 2. The summed E-state index contributed by atoms with van der Waals surface area (Å²) in [4.78, 5) is 23.4. The molecule has 29 heavy (non-hydrogen) atoms. The monoisotopic (exact) mass is 469 g/mol. The summed E-state index contributed by atoms with van der Waals surface area (Å²) in [5.41, 5.74) is 1.80. The number of carboxylic acids is 1. The summed E-state index contributed by atoms with van der Waals surface area (Å²) in [6, 6.07) is 8.35. The molecule has 150 valence electrons. The molecular formula is C19H13Cl2NO5S2. The smallest absolute Gasteiger partial charge is 0.341 e. The number of rotatable bonds is 6. The number of ether oxygens (including phenoxy) is 2. The minimum Gasteiger partial charge on any atom is -0.493 e. The molecule has 2 aromatic carbocycles. The van der Waals surface area contributed by atoms with E-state index in [0.29, 0.717) is 41.7 Å². The van der Waals surface area contributed by atoms with E-state index in [2.05, 4.69) is 5.32 Å². The summed E-state index contributed by atoms with van der Waals surface area (Å²) in [6.07, 6.45) is 1.66. The highest BCUT2D eigenvalue weighted by molar-refractivity contribution is 8.26. The third-order valence-electron chi connectivity index (χ3n) is 3.81. The first-order valence-electron chi connectivity index (χ1n) is 8.05. The van der Waals surface area contributed by atoms with Gasteiger partial charge in [0.2, 0.25) is 0 Å². The van der Waals surface area contributed by atoms with Gasteiger partial charge in [-0.1, -0.05) is 53.2 Å². The lowest BCUT2D eigenvalue weighted by molar-refractivity contribution is -0.139. The Bertz CT molecular complexity index is 1060. The minimum atomic E-state index is -1.13. The van der Waals surface area contributed by atoms with E-state index in [9.17, 15) is 9.59 Å². The molecule has 0 bridgehead atoms. The molecule has 6 nitrogen and oxygen atoms in total. The zero-order chi connectivity index (χ0) is 21.1. The number of hydrogen-bond donors (Lipinski definition) is 2. The molecule has 1 heterocycles. The molecule has 1 aliphatic rings. The van der Waals surface area contributed by atoms with Crippen molar-refractivity contribution in [2.75, 3.05) is 13.7 Å². The fourth-order valence-electron chi connectivity index (χ4n) is 2.59. The number of aliphatic carboxylic acids is 1. The van der Waals surface area contributed by atoms with Crippen molar-refractivity contribution >= 4 is 69.5 Å². The third-order valence-corrected chi connectivity index (χ3v) is 5.71. The van der Waals surface area contributed by atoms with Gasteiger partial charge in [-0.25, -0.2) is 4.79 Å². The van der Waals surface area contributed by atoms with Crippen LogP contribution in [0.4, 0.5) is 0 Å². The van der Waals surface area contributed by atoms with Gasteiger partial charge in [0.1, 0.15) is 4.32 Å². The van der Waals surface area contributed by atoms with E-state index in [1.165, 1.54) is 7.11 Å². The Kier molecular flexibility index (Phi) is 6.69. The average molecular weight is 470 g/mol. The van der Waals surface area contributed by atoms with Crippen molar-refractivity contribution in [1.82, 2.24) is 5.32 Å². The van der Waals surface area contributed by atoms with Gasteiger partial charge in [0.15, 0.2) is 18.1 Å². The van der Waals surface area contributed by atoms with Gasteiger partial charge >= 0.3 is 5.97 Å². The van der Waals surface area contributed by atoms with E-state index in [1.54, 1.807) is 36.4 Å². The van der Waals surface area contributed by atoms with Crippen LogP contribution in [0.1, 0.15) is 5.56 Å². The molecular weight excluding hydrogens is 457 g/mol. The van der Waals surface area contributed by atoms with Gasteiger partial charge in [-0.15, -0.1) is 0 Å². The van der Waals surface area contributed by atoms with Crippen molar-refractivity contribution in [3.8, 4) is 22.6 Å². The van der Waals surface area contributed by atoms with Gasteiger partial charge < -0.3 is 19.9 Å². The Hall–Kier alpha value is -2.26. The number of carboxylic acid groups (broad SMARTS) is 1. The van der Waals surface area contributed by atoms with E-state index in [-0.39, 0.29) is 11.7 Å². The number of nitrogens with one attached hydrogen (secondary N) is 1. The summed E-state index contributed by atoms with van der Waals surface area (Å²) >= 11 is 18.3. The molecule has 1 amide bonds. The number of amides is 1. The second-order valence-electron chi connectivity index (χ2n) is 5.76. The van der Waals surface area contributed by atoms with Crippen molar-refractivity contribution in [3.05, 3.63) is 50.8 Å². The highest BCUT2D eigenvalue weighted by atomic mass is 35.5. The van der Waals surface area contributed by atoms with Crippen molar-refractivity contribution in [2.24, 2.45) is 0 Å². The molecule has 0 aliphatic carbocycles. The second-order valence-corrected chi connectivity index (χ2v) is 8.30. The summed E-state index contributed by atoms with van der Waals surface area (Å²) in [5, 5.41) is 12.3. The normalized spacial score (nSPS) is 14.8. The second kappa shape index (κ2) is 9.04. The Labute approximate surface area is 185 Å². The molecule has 0 saturated carbocycles. The average Bonchev–Trinajstić information content (AvgIpc) is 2.98. The molecule has 1 aliphatic heterocycles. The van der Waals surface area contributed by atoms with Gasteiger partial charge in [-0.2, -0.15) is 0 Å². The maximum atomic E-state index is 12.0. The molecule has 0 unspecified atom stereocenters. The first-order valence-corrected chi connectivity index (χ1v) is 10.0. The van der Waals surface area contributed by atoms with Crippen LogP contribution in [0.5, 0.6) is 11.5 Å². The van der Waals surface area contributed by atoms with E-state index >= 15 is 0 Å². The summed E-state index contributed by atoms with van der Waals surface area (Å²) in [6.45, 7) is -0.558. The van der Waals surface area contributed by atoms with Crippen LogP contribution in [-0.4, -0.2) is 35.0 Å². The van der Waals surface area contributed by atoms with Gasteiger partial charge in [0.25, 0.3) is 5.91 Å². The van der Waals surface area contributed by atoms with Gasteiger partial charge in [-0.05, 0) is 41.5 Å². The maximum Gasteiger partial charge on any atom is 0.341 e. The zero-order valence-corrected chi connectivity index (χ0v) is 18.0.